The molecule has 1 saturated heterocycles. The molecule has 0 bridgehead atoms. The minimum Gasteiger partial charge on any atom is -0.294 e. The highest BCUT2D eigenvalue weighted by atomic mass is 32.2. The van der Waals surface area contributed by atoms with Crippen LogP contribution in [0.15, 0.2) is 12.1 Å². The summed E-state index contributed by atoms with van der Waals surface area (Å²) >= 11 is 1.60. The van der Waals surface area contributed by atoms with E-state index in [-0.39, 0.29) is 17.3 Å². The number of rotatable bonds is 2. The molecule has 5 heteroatoms. The molecule has 0 amide bonds. The first-order valence-corrected chi connectivity index (χ1v) is 5.51. The van der Waals surface area contributed by atoms with Gasteiger partial charge in [-0.3, -0.25) is 4.79 Å². The number of Topliss-reactive ketones (excluding diaryl/α,β-unsaturated/α-hetero) is 1. The van der Waals surface area contributed by atoms with Gasteiger partial charge in [0, 0.05) is 23.0 Å². The van der Waals surface area contributed by atoms with Crippen LogP contribution in [0.4, 0.5) is 13.2 Å². The predicted octanol–water partition coefficient (Wildman–Crippen LogP) is 2.65. The average molecular weight is 232 g/mol. The summed E-state index contributed by atoms with van der Waals surface area (Å²) in [4.78, 5) is 11.6. The van der Waals surface area contributed by atoms with Gasteiger partial charge in [0.2, 0.25) is 0 Å². The van der Waals surface area contributed by atoms with Crippen LogP contribution in [0.25, 0.3) is 0 Å². The summed E-state index contributed by atoms with van der Waals surface area (Å²) in [5, 5.41) is 0. The van der Waals surface area contributed by atoms with E-state index in [1.165, 1.54) is 0 Å². The Morgan fingerprint density at radius 1 is 1.20 bits per heavy atom. The van der Waals surface area contributed by atoms with Crippen LogP contribution in [-0.4, -0.2) is 17.3 Å². The summed E-state index contributed by atoms with van der Waals surface area (Å²) in [7, 11) is 0. The molecule has 0 unspecified atom stereocenters. The van der Waals surface area contributed by atoms with Crippen molar-refractivity contribution >= 4 is 17.5 Å². The minimum atomic E-state index is -1.53. The third kappa shape index (κ3) is 1.88. The zero-order valence-corrected chi connectivity index (χ0v) is 8.41. The van der Waals surface area contributed by atoms with Gasteiger partial charge in [-0.25, -0.2) is 13.2 Å². The number of hydrogen-bond acceptors (Lipinski definition) is 2. The van der Waals surface area contributed by atoms with E-state index in [0.29, 0.717) is 11.5 Å². The lowest BCUT2D eigenvalue weighted by atomic mass is 10.00. The van der Waals surface area contributed by atoms with E-state index in [0.717, 1.165) is 12.1 Å². The molecule has 0 saturated carbocycles. The summed E-state index contributed by atoms with van der Waals surface area (Å²) in [5.74, 6) is -3.32. The quantitative estimate of drug-likeness (QED) is 0.576. The third-order valence-corrected chi connectivity index (χ3v) is 3.55. The van der Waals surface area contributed by atoms with Crippen LogP contribution in [0.1, 0.15) is 10.4 Å². The molecule has 0 atom stereocenters. The van der Waals surface area contributed by atoms with Crippen LogP contribution in [0, 0.1) is 23.4 Å². The summed E-state index contributed by atoms with van der Waals surface area (Å²) in [6, 6.07) is 1.51. The van der Waals surface area contributed by atoms with Crippen LogP contribution < -0.4 is 0 Å². The van der Waals surface area contributed by atoms with Crippen molar-refractivity contribution in [3.05, 3.63) is 35.1 Å². The molecule has 0 N–H and O–H groups in total. The first kappa shape index (κ1) is 10.5. The first-order valence-electron chi connectivity index (χ1n) is 4.36. The van der Waals surface area contributed by atoms with Gasteiger partial charge < -0.3 is 0 Å². The van der Waals surface area contributed by atoms with Crippen LogP contribution in [-0.2, 0) is 0 Å². The maximum absolute atomic E-state index is 12.8. The second-order valence-electron chi connectivity index (χ2n) is 3.35. The summed E-state index contributed by atoms with van der Waals surface area (Å²) in [6.07, 6.45) is 0. The van der Waals surface area contributed by atoms with Gasteiger partial charge in [0.05, 0.1) is 0 Å². The second-order valence-corrected chi connectivity index (χ2v) is 4.43. The largest absolute Gasteiger partial charge is 0.294 e. The molecule has 0 aromatic heterocycles. The third-order valence-electron chi connectivity index (χ3n) is 2.28. The Balaban J connectivity index is 2.32. The van der Waals surface area contributed by atoms with E-state index >= 15 is 0 Å². The second kappa shape index (κ2) is 3.89. The van der Waals surface area contributed by atoms with Crippen molar-refractivity contribution in [1.82, 2.24) is 0 Å². The van der Waals surface area contributed by atoms with Crippen molar-refractivity contribution in [3.63, 3.8) is 0 Å². The van der Waals surface area contributed by atoms with Crippen molar-refractivity contribution in [2.75, 3.05) is 11.5 Å². The number of carbonyl (C=O) groups excluding carboxylic acids is 1. The normalized spacial score (nSPS) is 16.2. The van der Waals surface area contributed by atoms with Gasteiger partial charge in [0.1, 0.15) is 0 Å². The lowest BCUT2D eigenvalue weighted by Crippen LogP contribution is -2.27. The Morgan fingerprint density at radius 3 is 2.13 bits per heavy atom. The van der Waals surface area contributed by atoms with Gasteiger partial charge in [0.15, 0.2) is 23.2 Å². The van der Waals surface area contributed by atoms with Gasteiger partial charge in [-0.1, -0.05) is 0 Å². The fraction of sp³-hybridized carbons (Fsp3) is 0.300. The van der Waals surface area contributed by atoms with Crippen LogP contribution in [0.5, 0.6) is 0 Å². The van der Waals surface area contributed by atoms with E-state index in [4.69, 9.17) is 0 Å². The zero-order chi connectivity index (χ0) is 11.0. The van der Waals surface area contributed by atoms with Crippen LogP contribution in [0.3, 0.4) is 0 Å². The SMILES string of the molecule is O=C(c1cc(F)c(F)c(F)c1)C1CSC1. The molecule has 15 heavy (non-hydrogen) atoms. The number of thioether (sulfide) groups is 1. The molecule has 1 aliphatic heterocycles. The van der Waals surface area contributed by atoms with E-state index in [1.807, 2.05) is 0 Å². The molecule has 1 fully saturated rings. The summed E-state index contributed by atoms with van der Waals surface area (Å²) < 4.78 is 38.2. The lowest BCUT2D eigenvalue weighted by molar-refractivity contribution is 0.0937. The zero-order valence-electron chi connectivity index (χ0n) is 7.60. The Labute approximate surface area is 88.7 Å². The Hall–Kier alpha value is -0.970. The topological polar surface area (TPSA) is 17.1 Å². The van der Waals surface area contributed by atoms with E-state index in [1.54, 1.807) is 11.8 Å². The van der Waals surface area contributed by atoms with E-state index in [9.17, 15) is 18.0 Å². The minimum absolute atomic E-state index is 0.0864. The number of halogens is 3. The van der Waals surface area contributed by atoms with Crippen molar-refractivity contribution in [1.29, 1.82) is 0 Å². The van der Waals surface area contributed by atoms with Gasteiger partial charge in [-0.05, 0) is 12.1 Å². The fourth-order valence-electron chi connectivity index (χ4n) is 1.32. The highest BCUT2D eigenvalue weighted by Crippen LogP contribution is 2.28. The number of carbonyl (C=O) groups is 1. The van der Waals surface area contributed by atoms with Gasteiger partial charge >= 0.3 is 0 Å². The highest BCUT2D eigenvalue weighted by Gasteiger charge is 2.28. The predicted molar refractivity (Wildman–Crippen MR) is 51.5 cm³/mol. The summed E-state index contributed by atoms with van der Waals surface area (Å²) in [5.41, 5.74) is -0.0864. The standard InChI is InChI=1S/C10H7F3OS/c11-7-1-5(2-8(12)9(7)13)10(14)6-3-15-4-6/h1-2,6H,3-4H2. The van der Waals surface area contributed by atoms with Crippen molar-refractivity contribution in [2.45, 2.75) is 0 Å². The Morgan fingerprint density at radius 2 is 1.73 bits per heavy atom. The van der Waals surface area contributed by atoms with Gasteiger partial charge in [-0.2, -0.15) is 11.8 Å². The lowest BCUT2D eigenvalue weighted by Gasteiger charge is -2.23. The molecule has 1 aliphatic rings. The maximum Gasteiger partial charge on any atom is 0.194 e. The molecule has 0 radical (unpaired) electrons. The maximum atomic E-state index is 12.8. The molecule has 0 aliphatic carbocycles. The molecule has 1 aromatic carbocycles. The highest BCUT2D eigenvalue weighted by molar-refractivity contribution is 8.00. The monoisotopic (exact) mass is 232 g/mol. The average Bonchev–Trinajstić information content (AvgIpc) is 2.10. The number of ketones is 1. The summed E-state index contributed by atoms with van der Waals surface area (Å²) in [6.45, 7) is 0. The first-order chi connectivity index (χ1) is 7.09. The van der Waals surface area contributed by atoms with Gasteiger partial charge in [0.25, 0.3) is 0 Å². The molecular weight excluding hydrogens is 225 g/mol. The van der Waals surface area contributed by atoms with Crippen LogP contribution in [0.2, 0.25) is 0 Å². The number of hydrogen-bond donors (Lipinski definition) is 0. The van der Waals surface area contributed by atoms with Crippen molar-refractivity contribution in [2.24, 2.45) is 5.92 Å². The molecule has 2 rings (SSSR count). The molecule has 1 aromatic rings. The molecule has 80 valence electrons. The van der Waals surface area contributed by atoms with Crippen molar-refractivity contribution < 1.29 is 18.0 Å². The fourth-order valence-corrected chi connectivity index (χ4v) is 2.09. The van der Waals surface area contributed by atoms with Crippen LogP contribution >= 0.6 is 11.8 Å². The Bertz CT molecular complexity index is 392. The smallest absolute Gasteiger partial charge is 0.194 e. The number of benzene rings is 1. The Kier molecular flexibility index (Phi) is 2.73. The molecule has 0 spiro atoms. The molecular formula is C10H7F3OS. The van der Waals surface area contributed by atoms with E-state index in [2.05, 4.69) is 0 Å². The van der Waals surface area contributed by atoms with E-state index < -0.39 is 17.5 Å². The molecule has 1 heterocycles. The van der Waals surface area contributed by atoms with Gasteiger partial charge in [-0.15, -0.1) is 0 Å². The van der Waals surface area contributed by atoms with Crippen molar-refractivity contribution in [3.8, 4) is 0 Å². The molecule has 1 nitrogen and oxygen atoms in total.